The molecule has 0 radical (unpaired) electrons. The van der Waals surface area contributed by atoms with Crippen LogP contribution in [0.4, 0.5) is 0 Å². The summed E-state index contributed by atoms with van der Waals surface area (Å²) in [6.45, 7) is 10.6. The summed E-state index contributed by atoms with van der Waals surface area (Å²) < 4.78 is 5.33. The van der Waals surface area contributed by atoms with Gasteiger partial charge in [-0.1, -0.05) is 38.5 Å². The molecule has 0 saturated carbocycles. The van der Waals surface area contributed by atoms with Crippen LogP contribution in [0, 0.1) is 5.41 Å². The Hall–Kier alpha value is -1.32. The first kappa shape index (κ1) is 16.1. The average molecular weight is 288 g/mol. The lowest BCUT2D eigenvalue weighted by molar-refractivity contribution is 0.271. The van der Waals surface area contributed by atoms with Gasteiger partial charge in [0.05, 0.1) is 7.11 Å². The second-order valence-corrected chi connectivity index (χ2v) is 6.81. The fraction of sp³-hybridized carbons (Fsp3) is 0.556. The summed E-state index contributed by atoms with van der Waals surface area (Å²) in [6.07, 6.45) is 3.57. The van der Waals surface area contributed by atoms with Crippen LogP contribution in [0.3, 0.4) is 0 Å². The van der Waals surface area contributed by atoms with Crippen LogP contribution >= 0.6 is 0 Å². The normalized spacial score (nSPS) is 16.7. The number of hydrogen-bond donors (Lipinski definition) is 1. The Morgan fingerprint density at radius 1 is 1.29 bits per heavy atom. The van der Waals surface area contributed by atoms with Crippen molar-refractivity contribution in [3.63, 3.8) is 0 Å². The number of nitrogens with zero attached hydrogens (tertiary/aromatic N) is 1. The van der Waals surface area contributed by atoms with Crippen molar-refractivity contribution in [1.82, 2.24) is 4.90 Å². The molecule has 2 rings (SSSR count). The van der Waals surface area contributed by atoms with Crippen LogP contribution in [0.5, 0.6) is 5.75 Å². The van der Waals surface area contributed by atoms with E-state index in [1.54, 1.807) is 12.7 Å². The quantitative estimate of drug-likeness (QED) is 0.864. The molecule has 1 aliphatic heterocycles. The first-order chi connectivity index (χ1) is 9.94. The van der Waals surface area contributed by atoms with Gasteiger partial charge in [0, 0.05) is 31.7 Å². The number of benzene rings is 1. The van der Waals surface area contributed by atoms with Crippen LogP contribution in [-0.4, -0.2) is 25.1 Å². The second-order valence-electron chi connectivity index (χ2n) is 6.81. The molecule has 0 fully saturated rings. The summed E-state index contributed by atoms with van der Waals surface area (Å²) in [5, 5.41) is 0. The van der Waals surface area contributed by atoms with E-state index in [0.29, 0.717) is 12.0 Å². The van der Waals surface area contributed by atoms with E-state index in [1.165, 1.54) is 12.0 Å². The zero-order valence-corrected chi connectivity index (χ0v) is 13.8. The van der Waals surface area contributed by atoms with Gasteiger partial charge in [0.25, 0.3) is 0 Å². The predicted molar refractivity (Wildman–Crippen MR) is 88.3 cm³/mol. The van der Waals surface area contributed by atoms with Gasteiger partial charge in [-0.05, 0) is 29.5 Å². The SMILES string of the molecule is COc1ccc(CN2CC=C(C(C)(C)C)CC2)cc1CN. The van der Waals surface area contributed by atoms with Crippen LogP contribution in [0.1, 0.15) is 38.3 Å². The lowest BCUT2D eigenvalue weighted by Crippen LogP contribution is -2.30. The van der Waals surface area contributed by atoms with E-state index >= 15 is 0 Å². The Balaban J connectivity index is 2.02. The summed E-state index contributed by atoms with van der Waals surface area (Å²) in [7, 11) is 1.69. The molecule has 0 saturated heterocycles. The Bertz CT molecular complexity index is 514. The number of nitrogens with two attached hydrogens (primary N) is 1. The Labute approximate surface area is 128 Å². The molecule has 0 atom stereocenters. The Morgan fingerprint density at radius 3 is 2.57 bits per heavy atom. The highest BCUT2D eigenvalue weighted by molar-refractivity contribution is 5.37. The van der Waals surface area contributed by atoms with Gasteiger partial charge in [-0.3, -0.25) is 4.90 Å². The van der Waals surface area contributed by atoms with Crippen molar-refractivity contribution in [2.24, 2.45) is 11.1 Å². The molecule has 0 aromatic heterocycles. The van der Waals surface area contributed by atoms with E-state index in [-0.39, 0.29) is 0 Å². The number of methoxy groups -OCH3 is 1. The molecule has 1 aromatic rings. The monoisotopic (exact) mass is 288 g/mol. The Kier molecular flexibility index (Phi) is 5.07. The van der Waals surface area contributed by atoms with Crippen molar-refractivity contribution in [3.8, 4) is 5.75 Å². The van der Waals surface area contributed by atoms with Gasteiger partial charge < -0.3 is 10.5 Å². The smallest absolute Gasteiger partial charge is 0.123 e. The third kappa shape index (κ3) is 4.08. The highest BCUT2D eigenvalue weighted by atomic mass is 16.5. The molecule has 0 spiro atoms. The van der Waals surface area contributed by atoms with Crippen molar-refractivity contribution in [2.75, 3.05) is 20.2 Å². The molecule has 1 heterocycles. The number of rotatable bonds is 4. The molecule has 3 heteroatoms. The van der Waals surface area contributed by atoms with Crippen LogP contribution in [0.25, 0.3) is 0 Å². The van der Waals surface area contributed by atoms with Gasteiger partial charge in [0.1, 0.15) is 5.75 Å². The van der Waals surface area contributed by atoms with Gasteiger partial charge in [-0.25, -0.2) is 0 Å². The molecular formula is C18H28N2O. The van der Waals surface area contributed by atoms with Gasteiger partial charge in [0.15, 0.2) is 0 Å². The van der Waals surface area contributed by atoms with Gasteiger partial charge in [-0.2, -0.15) is 0 Å². The van der Waals surface area contributed by atoms with Crippen LogP contribution in [0.15, 0.2) is 29.8 Å². The van der Waals surface area contributed by atoms with Crippen LogP contribution < -0.4 is 10.5 Å². The number of ether oxygens (including phenoxy) is 1. The van der Waals surface area contributed by atoms with E-state index in [0.717, 1.165) is 30.9 Å². The summed E-state index contributed by atoms with van der Waals surface area (Å²) >= 11 is 0. The van der Waals surface area contributed by atoms with Crippen molar-refractivity contribution in [3.05, 3.63) is 41.0 Å². The third-order valence-electron chi connectivity index (χ3n) is 4.23. The van der Waals surface area contributed by atoms with Gasteiger partial charge >= 0.3 is 0 Å². The van der Waals surface area contributed by atoms with E-state index in [1.807, 2.05) is 6.07 Å². The molecule has 0 bridgehead atoms. The van der Waals surface area contributed by atoms with Gasteiger partial charge in [0.2, 0.25) is 0 Å². The minimum absolute atomic E-state index is 0.304. The molecule has 3 nitrogen and oxygen atoms in total. The first-order valence-corrected chi connectivity index (χ1v) is 7.71. The van der Waals surface area contributed by atoms with Crippen LogP contribution in [-0.2, 0) is 13.1 Å². The van der Waals surface area contributed by atoms with E-state index in [4.69, 9.17) is 10.5 Å². The van der Waals surface area contributed by atoms with Crippen LogP contribution in [0.2, 0.25) is 0 Å². The molecule has 0 amide bonds. The van der Waals surface area contributed by atoms with E-state index in [2.05, 4.69) is 43.9 Å². The number of hydrogen-bond acceptors (Lipinski definition) is 3. The molecule has 1 aliphatic rings. The zero-order valence-electron chi connectivity index (χ0n) is 13.8. The fourth-order valence-corrected chi connectivity index (χ4v) is 2.88. The lowest BCUT2D eigenvalue weighted by atomic mass is 9.83. The van der Waals surface area contributed by atoms with Crippen molar-refractivity contribution in [2.45, 2.75) is 40.3 Å². The van der Waals surface area contributed by atoms with Crippen molar-refractivity contribution < 1.29 is 4.74 Å². The topological polar surface area (TPSA) is 38.5 Å². The third-order valence-corrected chi connectivity index (χ3v) is 4.23. The largest absolute Gasteiger partial charge is 0.496 e. The summed E-state index contributed by atoms with van der Waals surface area (Å²) in [6, 6.07) is 6.33. The predicted octanol–water partition coefficient (Wildman–Crippen LogP) is 3.33. The maximum atomic E-state index is 5.79. The average Bonchev–Trinajstić information content (AvgIpc) is 2.46. The molecule has 0 unspecified atom stereocenters. The molecule has 21 heavy (non-hydrogen) atoms. The second kappa shape index (κ2) is 6.63. The maximum Gasteiger partial charge on any atom is 0.123 e. The first-order valence-electron chi connectivity index (χ1n) is 7.71. The minimum atomic E-state index is 0.304. The zero-order chi connectivity index (χ0) is 15.5. The summed E-state index contributed by atoms with van der Waals surface area (Å²) in [4.78, 5) is 2.48. The molecular weight excluding hydrogens is 260 g/mol. The summed E-state index contributed by atoms with van der Waals surface area (Å²) in [5.74, 6) is 0.884. The fourth-order valence-electron chi connectivity index (χ4n) is 2.88. The highest BCUT2D eigenvalue weighted by Gasteiger charge is 2.21. The maximum absolute atomic E-state index is 5.79. The lowest BCUT2D eigenvalue weighted by Gasteiger charge is -2.32. The minimum Gasteiger partial charge on any atom is -0.496 e. The molecule has 0 aliphatic carbocycles. The molecule has 1 aromatic carbocycles. The van der Waals surface area contributed by atoms with E-state index in [9.17, 15) is 0 Å². The Morgan fingerprint density at radius 2 is 2.05 bits per heavy atom. The van der Waals surface area contributed by atoms with Crippen molar-refractivity contribution in [1.29, 1.82) is 0 Å². The summed E-state index contributed by atoms with van der Waals surface area (Å²) in [5.41, 5.74) is 10.1. The molecule has 116 valence electrons. The highest BCUT2D eigenvalue weighted by Crippen LogP contribution is 2.30. The van der Waals surface area contributed by atoms with Crippen molar-refractivity contribution >= 4 is 0 Å². The standard InChI is InChI=1S/C18H28N2O/c1-18(2,3)16-7-9-20(10-8-16)13-14-5-6-17(21-4)15(11-14)12-19/h5-7,11H,8-10,12-13,19H2,1-4H3. The molecule has 2 N–H and O–H groups in total. The van der Waals surface area contributed by atoms with E-state index < -0.39 is 0 Å². The van der Waals surface area contributed by atoms with Gasteiger partial charge in [-0.15, -0.1) is 0 Å².